The van der Waals surface area contributed by atoms with Gasteiger partial charge in [-0.1, -0.05) is 6.92 Å². The number of nitrogens with one attached hydrogen (secondary N) is 1. The Morgan fingerprint density at radius 1 is 1.61 bits per heavy atom. The number of nitrogens with zero attached hydrogens (tertiary/aromatic N) is 1. The summed E-state index contributed by atoms with van der Waals surface area (Å²) in [5.41, 5.74) is 0. The number of hydrogen-bond donors (Lipinski definition) is 1. The summed E-state index contributed by atoms with van der Waals surface area (Å²) in [4.78, 5) is 4.29. The van der Waals surface area contributed by atoms with Crippen LogP contribution in [0.2, 0.25) is 0 Å². The third kappa shape index (κ3) is 3.72. The summed E-state index contributed by atoms with van der Waals surface area (Å²) in [7, 11) is 0. The van der Waals surface area contributed by atoms with Crippen LogP contribution in [0.4, 0.5) is 8.78 Å². The van der Waals surface area contributed by atoms with E-state index >= 15 is 0 Å². The summed E-state index contributed by atoms with van der Waals surface area (Å²) in [6.45, 7) is 2.77. The molecule has 2 atom stereocenters. The molecule has 0 aromatic carbocycles. The average molecular weight is 274 g/mol. The highest BCUT2D eigenvalue weighted by Gasteiger charge is 2.36. The van der Waals surface area contributed by atoms with Crippen LogP contribution in [-0.2, 0) is 0 Å². The van der Waals surface area contributed by atoms with Gasteiger partial charge in [-0.2, -0.15) is 0 Å². The fourth-order valence-corrected chi connectivity index (χ4v) is 3.37. The van der Waals surface area contributed by atoms with E-state index in [1.807, 2.05) is 5.38 Å². The molecule has 1 fully saturated rings. The monoisotopic (exact) mass is 274 g/mol. The number of aromatic nitrogens is 1. The number of rotatable bonds is 5. The minimum absolute atomic E-state index is 0.0360. The molecule has 0 spiro atoms. The molecule has 0 bridgehead atoms. The van der Waals surface area contributed by atoms with Crippen molar-refractivity contribution in [2.24, 2.45) is 5.92 Å². The summed E-state index contributed by atoms with van der Waals surface area (Å²) in [5, 5.41) is 6.40. The molecule has 1 aliphatic rings. The Hall–Kier alpha value is -0.550. The summed E-state index contributed by atoms with van der Waals surface area (Å²) < 4.78 is 26.6. The molecule has 1 aliphatic carbocycles. The van der Waals surface area contributed by atoms with Crippen LogP contribution in [0.15, 0.2) is 11.6 Å². The lowest BCUT2D eigenvalue weighted by Gasteiger charge is -2.30. The first-order valence-electron chi connectivity index (χ1n) is 6.61. The van der Waals surface area contributed by atoms with Crippen molar-refractivity contribution in [3.8, 4) is 0 Å². The fraction of sp³-hybridized carbons (Fsp3) is 0.769. The van der Waals surface area contributed by atoms with Gasteiger partial charge in [0.1, 0.15) is 5.01 Å². The van der Waals surface area contributed by atoms with E-state index < -0.39 is 5.92 Å². The molecule has 1 N–H and O–H groups in total. The Labute approximate surface area is 111 Å². The van der Waals surface area contributed by atoms with Gasteiger partial charge in [0, 0.05) is 24.4 Å². The minimum Gasteiger partial charge on any atom is -0.308 e. The fourth-order valence-electron chi connectivity index (χ4n) is 2.57. The Morgan fingerprint density at radius 3 is 3.06 bits per heavy atom. The number of hydrogen-bond acceptors (Lipinski definition) is 3. The van der Waals surface area contributed by atoms with Gasteiger partial charge >= 0.3 is 0 Å². The van der Waals surface area contributed by atoms with Gasteiger partial charge in [-0.15, -0.1) is 11.3 Å². The van der Waals surface area contributed by atoms with Crippen LogP contribution in [0.1, 0.15) is 50.1 Å². The van der Waals surface area contributed by atoms with E-state index in [0.717, 1.165) is 17.8 Å². The molecule has 18 heavy (non-hydrogen) atoms. The maximum absolute atomic E-state index is 13.3. The van der Waals surface area contributed by atoms with Crippen molar-refractivity contribution < 1.29 is 8.78 Å². The van der Waals surface area contributed by atoms with Crippen molar-refractivity contribution in [3.05, 3.63) is 16.6 Å². The van der Waals surface area contributed by atoms with Crippen molar-refractivity contribution in [2.75, 3.05) is 6.54 Å². The van der Waals surface area contributed by atoms with Gasteiger partial charge in [-0.3, -0.25) is 0 Å². The summed E-state index contributed by atoms with van der Waals surface area (Å²) in [6.07, 6.45) is 4.39. The normalized spacial score (nSPS) is 24.9. The molecular formula is C13H20F2N2S. The Morgan fingerprint density at radius 2 is 2.44 bits per heavy atom. The average Bonchev–Trinajstić information content (AvgIpc) is 2.82. The number of alkyl halides is 2. The van der Waals surface area contributed by atoms with Crippen molar-refractivity contribution in [1.82, 2.24) is 10.3 Å². The van der Waals surface area contributed by atoms with Crippen LogP contribution in [0, 0.1) is 5.92 Å². The lowest BCUT2D eigenvalue weighted by molar-refractivity contribution is -0.0523. The van der Waals surface area contributed by atoms with Gasteiger partial charge < -0.3 is 5.32 Å². The number of halogens is 2. The van der Waals surface area contributed by atoms with Crippen LogP contribution < -0.4 is 5.32 Å². The smallest absolute Gasteiger partial charge is 0.248 e. The molecule has 2 unspecified atom stereocenters. The maximum atomic E-state index is 13.3. The van der Waals surface area contributed by atoms with Crippen LogP contribution in [0.5, 0.6) is 0 Å². The van der Waals surface area contributed by atoms with Crippen LogP contribution >= 0.6 is 11.3 Å². The molecule has 0 radical (unpaired) electrons. The van der Waals surface area contributed by atoms with Gasteiger partial charge in [-0.25, -0.2) is 13.8 Å². The van der Waals surface area contributed by atoms with E-state index in [9.17, 15) is 8.78 Å². The predicted octanol–water partition coefficient (Wildman–Crippen LogP) is 4.01. The second-order valence-corrected chi connectivity index (χ2v) is 5.98. The Balaban J connectivity index is 1.83. The van der Waals surface area contributed by atoms with Gasteiger partial charge in [0.15, 0.2) is 0 Å². The molecule has 1 saturated carbocycles. The largest absolute Gasteiger partial charge is 0.308 e. The van der Waals surface area contributed by atoms with Crippen LogP contribution in [0.25, 0.3) is 0 Å². The van der Waals surface area contributed by atoms with Crippen molar-refractivity contribution >= 4 is 11.3 Å². The van der Waals surface area contributed by atoms with E-state index in [2.05, 4.69) is 17.2 Å². The third-order valence-corrected chi connectivity index (χ3v) is 4.44. The quantitative estimate of drug-likeness (QED) is 0.877. The highest BCUT2D eigenvalue weighted by molar-refractivity contribution is 7.09. The molecule has 2 nitrogen and oxygen atoms in total. The lowest BCUT2D eigenvalue weighted by atomic mass is 9.86. The molecule has 5 heteroatoms. The van der Waals surface area contributed by atoms with Crippen molar-refractivity contribution in [3.63, 3.8) is 0 Å². The summed E-state index contributed by atoms with van der Waals surface area (Å²) >= 11 is 1.62. The zero-order chi connectivity index (χ0) is 13.0. The highest BCUT2D eigenvalue weighted by atomic mass is 32.1. The zero-order valence-corrected chi connectivity index (χ0v) is 11.5. The zero-order valence-electron chi connectivity index (χ0n) is 10.7. The molecule has 1 aromatic heterocycles. The van der Waals surface area contributed by atoms with Gasteiger partial charge in [0.2, 0.25) is 5.92 Å². The summed E-state index contributed by atoms with van der Waals surface area (Å²) in [5.74, 6) is -2.35. The van der Waals surface area contributed by atoms with Gasteiger partial charge in [0.25, 0.3) is 0 Å². The number of thiazole rings is 1. The van der Waals surface area contributed by atoms with E-state index in [1.54, 1.807) is 17.5 Å². The SMILES string of the molecule is CCC(NCC1CCCC(F)(F)C1)c1nccs1. The first-order valence-corrected chi connectivity index (χ1v) is 7.49. The van der Waals surface area contributed by atoms with Gasteiger partial charge in [-0.05, 0) is 31.7 Å². The molecule has 0 amide bonds. The first-order chi connectivity index (χ1) is 8.61. The minimum atomic E-state index is -2.45. The van der Waals surface area contributed by atoms with Crippen molar-refractivity contribution in [2.45, 2.75) is 51.0 Å². The van der Waals surface area contributed by atoms with E-state index in [1.165, 1.54) is 0 Å². The van der Waals surface area contributed by atoms with E-state index in [4.69, 9.17) is 0 Å². The summed E-state index contributed by atoms with van der Waals surface area (Å²) in [6, 6.07) is 0.209. The molecule has 2 rings (SSSR count). The third-order valence-electron chi connectivity index (χ3n) is 3.55. The topological polar surface area (TPSA) is 24.9 Å². The molecular weight excluding hydrogens is 254 g/mol. The predicted molar refractivity (Wildman–Crippen MR) is 70.1 cm³/mol. The van der Waals surface area contributed by atoms with Gasteiger partial charge in [0.05, 0.1) is 6.04 Å². The van der Waals surface area contributed by atoms with Crippen molar-refractivity contribution in [1.29, 1.82) is 0 Å². The first kappa shape index (κ1) is 13.9. The van der Waals surface area contributed by atoms with Crippen LogP contribution in [-0.4, -0.2) is 17.5 Å². The molecule has 1 heterocycles. The molecule has 102 valence electrons. The second kappa shape index (κ2) is 6.06. The maximum Gasteiger partial charge on any atom is 0.248 e. The molecule has 1 aromatic rings. The van der Waals surface area contributed by atoms with E-state index in [0.29, 0.717) is 13.0 Å². The molecule has 0 saturated heterocycles. The second-order valence-electron chi connectivity index (χ2n) is 5.06. The highest BCUT2D eigenvalue weighted by Crippen LogP contribution is 2.36. The standard InChI is InChI=1S/C13H20F2N2S/c1-2-11(12-16-6-7-18-12)17-9-10-4-3-5-13(14,15)8-10/h6-7,10-11,17H,2-5,8-9H2,1H3. The Bertz CT molecular complexity index is 354. The molecule has 0 aliphatic heterocycles. The lowest BCUT2D eigenvalue weighted by Crippen LogP contribution is -2.34. The van der Waals surface area contributed by atoms with Crippen LogP contribution in [0.3, 0.4) is 0 Å². The Kier molecular flexibility index (Phi) is 4.67. The van der Waals surface area contributed by atoms with E-state index in [-0.39, 0.29) is 24.8 Å².